The van der Waals surface area contributed by atoms with Crippen LogP contribution < -0.4 is 10.5 Å². The van der Waals surface area contributed by atoms with Crippen molar-refractivity contribution in [2.75, 3.05) is 12.3 Å². The zero-order chi connectivity index (χ0) is 15.5. The number of phenolic OH excluding ortho intramolecular Hbond substituents is 2. The summed E-state index contributed by atoms with van der Waals surface area (Å²) in [4.78, 5) is 0.00325. The fourth-order valence-electron chi connectivity index (χ4n) is 1.78. The molecule has 0 unspecified atom stereocenters. The molecule has 2 aromatic carbocycles. The summed E-state index contributed by atoms with van der Waals surface area (Å²) < 4.78 is 26.6. The third-order valence-corrected chi connectivity index (χ3v) is 4.41. The zero-order valence-corrected chi connectivity index (χ0v) is 12.0. The van der Waals surface area contributed by atoms with Crippen molar-refractivity contribution in [3.8, 4) is 11.5 Å². The summed E-state index contributed by atoms with van der Waals surface area (Å²) in [5, 5.41) is 18.5. The second-order valence-electron chi connectivity index (χ2n) is 4.53. The zero-order valence-electron chi connectivity index (χ0n) is 11.2. The number of nitrogens with one attached hydrogen (secondary N) is 1. The van der Waals surface area contributed by atoms with E-state index in [2.05, 4.69) is 4.72 Å². The molecule has 0 fully saturated rings. The number of benzene rings is 2. The highest BCUT2D eigenvalue weighted by atomic mass is 32.2. The Morgan fingerprint density at radius 3 is 2.33 bits per heavy atom. The number of nitrogen functional groups attached to an aromatic ring is 1. The van der Waals surface area contributed by atoms with E-state index in [0.29, 0.717) is 6.42 Å². The first-order chi connectivity index (χ1) is 9.88. The largest absolute Gasteiger partial charge is 0.508 e. The maximum absolute atomic E-state index is 12.1. The number of aromatic hydroxyl groups is 2. The molecule has 0 radical (unpaired) electrons. The Hall–Kier alpha value is -2.25. The smallest absolute Gasteiger partial charge is 0.240 e. The lowest BCUT2D eigenvalue weighted by Crippen LogP contribution is -2.26. The van der Waals surface area contributed by atoms with Crippen LogP contribution in [0.4, 0.5) is 5.69 Å². The molecule has 6 nitrogen and oxygen atoms in total. The maximum atomic E-state index is 12.1. The van der Waals surface area contributed by atoms with E-state index in [1.165, 1.54) is 18.2 Å². The van der Waals surface area contributed by atoms with E-state index in [1.54, 1.807) is 24.3 Å². The van der Waals surface area contributed by atoms with Gasteiger partial charge in [0, 0.05) is 6.54 Å². The van der Waals surface area contributed by atoms with Crippen molar-refractivity contribution < 1.29 is 18.6 Å². The predicted octanol–water partition coefficient (Wildman–Crippen LogP) is 1.20. The molecule has 2 rings (SSSR count). The third kappa shape index (κ3) is 3.87. The van der Waals surface area contributed by atoms with Gasteiger partial charge in [0.25, 0.3) is 0 Å². The minimum absolute atomic E-state index is 0.00325. The summed E-state index contributed by atoms with van der Waals surface area (Å²) >= 11 is 0. The molecule has 0 amide bonds. The highest BCUT2D eigenvalue weighted by Gasteiger charge is 2.14. The number of hydrogen-bond acceptors (Lipinski definition) is 5. The molecule has 0 saturated heterocycles. The highest BCUT2D eigenvalue weighted by molar-refractivity contribution is 7.89. The second kappa shape index (κ2) is 6.02. The molecular weight excluding hydrogens is 292 g/mol. The number of hydrogen-bond donors (Lipinski definition) is 4. The van der Waals surface area contributed by atoms with Gasteiger partial charge in [-0.2, -0.15) is 0 Å². The fraction of sp³-hybridized carbons (Fsp3) is 0.143. The lowest BCUT2D eigenvalue weighted by atomic mass is 10.1. The lowest BCUT2D eigenvalue weighted by Gasteiger charge is -2.08. The van der Waals surface area contributed by atoms with Crippen LogP contribution in [0, 0.1) is 0 Å². The van der Waals surface area contributed by atoms with Gasteiger partial charge in [0.05, 0.1) is 10.6 Å². The molecule has 5 N–H and O–H groups in total. The second-order valence-corrected chi connectivity index (χ2v) is 6.30. The van der Waals surface area contributed by atoms with E-state index in [9.17, 15) is 13.5 Å². The van der Waals surface area contributed by atoms with Crippen molar-refractivity contribution in [3.05, 3.63) is 48.0 Å². The number of nitrogens with two attached hydrogens (primary N) is 1. The van der Waals surface area contributed by atoms with Crippen LogP contribution in [0.25, 0.3) is 0 Å². The van der Waals surface area contributed by atoms with Gasteiger partial charge in [-0.05, 0) is 42.3 Å². The van der Waals surface area contributed by atoms with Gasteiger partial charge in [-0.1, -0.05) is 12.1 Å². The lowest BCUT2D eigenvalue weighted by molar-refractivity contribution is 0.475. The van der Waals surface area contributed by atoms with Crippen LogP contribution in [0.5, 0.6) is 11.5 Å². The van der Waals surface area contributed by atoms with Crippen molar-refractivity contribution in [3.63, 3.8) is 0 Å². The van der Waals surface area contributed by atoms with Crippen molar-refractivity contribution in [1.82, 2.24) is 4.72 Å². The first kappa shape index (κ1) is 15.1. The van der Waals surface area contributed by atoms with E-state index in [-0.39, 0.29) is 28.6 Å². The van der Waals surface area contributed by atoms with Gasteiger partial charge in [0.1, 0.15) is 11.5 Å². The minimum atomic E-state index is -3.67. The summed E-state index contributed by atoms with van der Waals surface area (Å²) in [5.41, 5.74) is 6.40. The standard InChI is InChI=1S/C14H16N2O4S/c15-13-9-12(5-6-14(13)18)21(19,20)16-8-7-10-1-3-11(17)4-2-10/h1-6,9,16-18H,7-8,15H2. The van der Waals surface area contributed by atoms with Crippen molar-refractivity contribution >= 4 is 15.7 Å². The van der Waals surface area contributed by atoms with Gasteiger partial charge in [-0.25, -0.2) is 13.1 Å². The van der Waals surface area contributed by atoms with Gasteiger partial charge in [-0.15, -0.1) is 0 Å². The van der Waals surface area contributed by atoms with Crippen LogP contribution >= 0.6 is 0 Å². The SMILES string of the molecule is Nc1cc(S(=O)(=O)NCCc2ccc(O)cc2)ccc1O. The monoisotopic (exact) mass is 308 g/mol. The average Bonchev–Trinajstić information content (AvgIpc) is 2.44. The summed E-state index contributed by atoms with van der Waals surface area (Å²) in [6.07, 6.45) is 0.493. The van der Waals surface area contributed by atoms with Crippen LogP contribution in [-0.4, -0.2) is 25.2 Å². The van der Waals surface area contributed by atoms with Gasteiger partial charge < -0.3 is 15.9 Å². The minimum Gasteiger partial charge on any atom is -0.508 e. The van der Waals surface area contributed by atoms with Gasteiger partial charge >= 0.3 is 0 Å². The molecular formula is C14H16N2O4S. The molecule has 0 aliphatic rings. The summed E-state index contributed by atoms with van der Waals surface area (Å²) in [5.74, 6) is 0.0111. The first-order valence-corrected chi connectivity index (χ1v) is 7.73. The molecule has 0 atom stereocenters. The Morgan fingerprint density at radius 1 is 1.05 bits per heavy atom. The van der Waals surface area contributed by atoms with Crippen LogP contribution in [0.2, 0.25) is 0 Å². The summed E-state index contributed by atoms with van der Waals surface area (Å²) in [6, 6.07) is 10.3. The van der Waals surface area contributed by atoms with Crippen LogP contribution in [0.3, 0.4) is 0 Å². The summed E-state index contributed by atoms with van der Waals surface area (Å²) in [6.45, 7) is 0.216. The molecule has 0 saturated carbocycles. The van der Waals surface area contributed by atoms with E-state index < -0.39 is 10.0 Å². The molecule has 0 spiro atoms. The molecule has 7 heteroatoms. The average molecular weight is 308 g/mol. The highest BCUT2D eigenvalue weighted by Crippen LogP contribution is 2.22. The molecule has 0 aliphatic heterocycles. The molecule has 112 valence electrons. The first-order valence-electron chi connectivity index (χ1n) is 6.24. The Bertz CT molecular complexity index is 727. The van der Waals surface area contributed by atoms with Crippen LogP contribution in [0.1, 0.15) is 5.56 Å². The third-order valence-electron chi connectivity index (χ3n) is 2.95. The molecule has 21 heavy (non-hydrogen) atoms. The summed E-state index contributed by atoms with van der Waals surface area (Å²) in [7, 11) is -3.67. The van der Waals surface area contributed by atoms with Crippen molar-refractivity contribution in [1.29, 1.82) is 0 Å². The predicted molar refractivity (Wildman–Crippen MR) is 79.5 cm³/mol. The van der Waals surface area contributed by atoms with Gasteiger partial charge in [-0.3, -0.25) is 0 Å². The molecule has 0 aliphatic carbocycles. The Kier molecular flexibility index (Phi) is 4.35. The van der Waals surface area contributed by atoms with E-state index in [4.69, 9.17) is 10.8 Å². The van der Waals surface area contributed by atoms with Crippen molar-refractivity contribution in [2.45, 2.75) is 11.3 Å². The quantitative estimate of drug-likeness (QED) is 0.490. The van der Waals surface area contributed by atoms with Crippen LogP contribution in [-0.2, 0) is 16.4 Å². The van der Waals surface area contributed by atoms with E-state index >= 15 is 0 Å². The Morgan fingerprint density at radius 2 is 1.71 bits per heavy atom. The van der Waals surface area contributed by atoms with Gasteiger partial charge in [0.2, 0.25) is 10.0 Å². The molecule has 2 aromatic rings. The normalized spacial score (nSPS) is 11.4. The maximum Gasteiger partial charge on any atom is 0.240 e. The number of rotatable bonds is 5. The Balaban J connectivity index is 2.01. The Labute approximate surface area is 122 Å². The van der Waals surface area contributed by atoms with Gasteiger partial charge in [0.15, 0.2) is 0 Å². The number of phenols is 2. The number of anilines is 1. The topological polar surface area (TPSA) is 113 Å². The molecule has 0 bridgehead atoms. The molecule has 0 heterocycles. The number of sulfonamides is 1. The van der Waals surface area contributed by atoms with Crippen molar-refractivity contribution in [2.24, 2.45) is 0 Å². The fourth-order valence-corrected chi connectivity index (χ4v) is 2.84. The molecule has 0 aromatic heterocycles. The van der Waals surface area contributed by atoms with Crippen LogP contribution in [0.15, 0.2) is 47.4 Å². The van der Waals surface area contributed by atoms with E-state index in [1.807, 2.05) is 0 Å². The van der Waals surface area contributed by atoms with E-state index in [0.717, 1.165) is 5.56 Å².